The average Bonchev–Trinajstić information content (AvgIpc) is 3.42. The zero-order valence-electron chi connectivity index (χ0n) is 19.0. The zero-order chi connectivity index (χ0) is 24.6. The van der Waals surface area contributed by atoms with E-state index in [0.717, 1.165) is 6.07 Å². The van der Waals surface area contributed by atoms with Gasteiger partial charge in [0.05, 0.1) is 29.4 Å². The number of benzene rings is 1. The van der Waals surface area contributed by atoms with Crippen LogP contribution in [0.4, 0.5) is 19.1 Å². The Labute approximate surface area is 192 Å². The first-order valence-corrected chi connectivity index (χ1v) is 10.4. The normalized spacial score (nSPS) is 12.9. The Morgan fingerprint density at radius 1 is 1.29 bits per heavy atom. The van der Waals surface area contributed by atoms with Crippen LogP contribution in [-0.4, -0.2) is 73.5 Å². The first-order chi connectivity index (χ1) is 16.1. The molecule has 34 heavy (non-hydrogen) atoms. The highest BCUT2D eigenvalue weighted by molar-refractivity contribution is 5.95. The number of likely N-dealkylation sites (N-methyl/N-ethyl adjacent to an activating group) is 1. The Morgan fingerprint density at radius 2 is 2.06 bits per heavy atom. The fourth-order valence-electron chi connectivity index (χ4n) is 3.54. The number of carbonyl (C=O) groups excluding carboxylic acids is 1. The summed E-state index contributed by atoms with van der Waals surface area (Å²) in [6, 6.07) is 2.96. The van der Waals surface area contributed by atoms with E-state index in [1.54, 1.807) is 38.1 Å². The molecule has 3 heterocycles. The lowest BCUT2D eigenvalue weighted by Crippen LogP contribution is -2.41. The molecule has 1 amide bonds. The van der Waals surface area contributed by atoms with Crippen LogP contribution in [-0.2, 0) is 22.8 Å². The number of methoxy groups -OCH3 is 1. The van der Waals surface area contributed by atoms with Crippen molar-refractivity contribution in [2.45, 2.75) is 19.1 Å². The van der Waals surface area contributed by atoms with E-state index < -0.39 is 17.8 Å². The molecule has 1 atom stereocenters. The number of ether oxygens (including phenoxy) is 1. The smallest absolute Gasteiger partial charge is 0.383 e. The fraction of sp³-hybridized carbons (Fsp3) is 0.381. The molecule has 4 rings (SSSR count). The number of para-hydroxylation sites is 1. The lowest BCUT2D eigenvalue weighted by molar-refractivity contribution is -0.136. The summed E-state index contributed by atoms with van der Waals surface area (Å²) in [5, 5.41) is 11.6. The molecule has 0 saturated heterocycles. The van der Waals surface area contributed by atoms with Crippen LogP contribution in [0.1, 0.15) is 12.5 Å². The minimum atomic E-state index is -4.63. The predicted molar refractivity (Wildman–Crippen MR) is 118 cm³/mol. The number of alkyl halides is 3. The van der Waals surface area contributed by atoms with Gasteiger partial charge >= 0.3 is 6.18 Å². The molecule has 0 fully saturated rings. The summed E-state index contributed by atoms with van der Waals surface area (Å²) in [6.07, 6.45) is -1.39. The van der Waals surface area contributed by atoms with Crippen LogP contribution >= 0.6 is 0 Å². The van der Waals surface area contributed by atoms with Crippen molar-refractivity contribution in [1.82, 2.24) is 34.3 Å². The summed E-state index contributed by atoms with van der Waals surface area (Å²) >= 11 is 0. The summed E-state index contributed by atoms with van der Waals surface area (Å²) in [5.41, 5.74) is -0.439. The van der Waals surface area contributed by atoms with Crippen LogP contribution < -0.4 is 5.32 Å². The van der Waals surface area contributed by atoms with Crippen molar-refractivity contribution in [1.29, 1.82) is 0 Å². The van der Waals surface area contributed by atoms with Gasteiger partial charge in [0, 0.05) is 39.3 Å². The maximum absolute atomic E-state index is 13.8. The Morgan fingerprint density at radius 3 is 2.71 bits per heavy atom. The summed E-state index contributed by atoms with van der Waals surface area (Å²) in [4.78, 5) is 22.9. The molecule has 4 aromatic rings. The third-order valence-electron chi connectivity index (χ3n) is 5.29. The molecular formula is C21H23F3N8O2. The average molecular weight is 476 g/mol. The lowest BCUT2D eigenvalue weighted by Gasteiger charge is -2.22. The fourth-order valence-corrected chi connectivity index (χ4v) is 3.54. The molecule has 0 spiro atoms. The van der Waals surface area contributed by atoms with Gasteiger partial charge in [0.2, 0.25) is 11.9 Å². The number of rotatable bonds is 7. The number of aromatic nitrogens is 6. The van der Waals surface area contributed by atoms with Gasteiger partial charge in [-0.2, -0.15) is 22.8 Å². The standard InChI is InChI=1S/C21H23F3N8O2/c1-12(19(33)30(2)8-9-34-4)26-20-27-16-14(6-5-7-15(16)21(22,23)24)18-28-17(29-32(18)20)13-10-25-31(3)11-13/h5-7,10-12H,8-9H2,1-4H3,(H,26,27)/t12-/m1/s1. The number of amides is 1. The lowest BCUT2D eigenvalue weighted by atomic mass is 10.1. The Hall–Kier alpha value is -3.74. The van der Waals surface area contributed by atoms with Crippen LogP contribution in [0.5, 0.6) is 0 Å². The van der Waals surface area contributed by atoms with E-state index in [1.807, 2.05) is 0 Å². The van der Waals surface area contributed by atoms with Crippen molar-refractivity contribution in [3.8, 4) is 11.4 Å². The minimum absolute atomic E-state index is 0.0390. The quantitative estimate of drug-likeness (QED) is 0.437. The molecule has 1 N–H and O–H groups in total. The molecule has 3 aromatic heterocycles. The van der Waals surface area contributed by atoms with Crippen molar-refractivity contribution in [3.05, 3.63) is 36.2 Å². The maximum atomic E-state index is 13.8. The number of halogens is 3. The van der Waals surface area contributed by atoms with E-state index in [2.05, 4.69) is 25.5 Å². The minimum Gasteiger partial charge on any atom is -0.383 e. The number of anilines is 1. The third-order valence-corrected chi connectivity index (χ3v) is 5.29. The van der Waals surface area contributed by atoms with Crippen molar-refractivity contribution < 1.29 is 22.7 Å². The Bertz CT molecular complexity index is 1350. The van der Waals surface area contributed by atoms with Crippen LogP contribution in [0.25, 0.3) is 27.9 Å². The molecule has 10 nitrogen and oxygen atoms in total. The second-order valence-corrected chi connectivity index (χ2v) is 7.83. The Kier molecular flexibility index (Phi) is 6.13. The monoisotopic (exact) mass is 476 g/mol. The summed E-state index contributed by atoms with van der Waals surface area (Å²) in [6.45, 7) is 2.30. The summed E-state index contributed by atoms with van der Waals surface area (Å²) in [7, 11) is 4.87. The van der Waals surface area contributed by atoms with Gasteiger partial charge in [0.25, 0.3) is 0 Å². The molecule has 0 aliphatic rings. The van der Waals surface area contributed by atoms with Gasteiger partial charge in [0.15, 0.2) is 11.5 Å². The van der Waals surface area contributed by atoms with Gasteiger partial charge < -0.3 is 15.0 Å². The van der Waals surface area contributed by atoms with E-state index >= 15 is 0 Å². The number of carbonyl (C=O) groups is 1. The molecule has 0 bridgehead atoms. The van der Waals surface area contributed by atoms with Crippen molar-refractivity contribution >= 4 is 28.4 Å². The maximum Gasteiger partial charge on any atom is 0.418 e. The van der Waals surface area contributed by atoms with Crippen molar-refractivity contribution in [3.63, 3.8) is 0 Å². The molecule has 13 heteroatoms. The van der Waals surface area contributed by atoms with Crippen LogP contribution in [0, 0.1) is 0 Å². The van der Waals surface area contributed by atoms with Crippen LogP contribution in [0.15, 0.2) is 30.6 Å². The second kappa shape index (κ2) is 8.89. The molecule has 1 aromatic carbocycles. The number of hydrogen-bond acceptors (Lipinski definition) is 7. The van der Waals surface area contributed by atoms with Gasteiger partial charge in [-0.05, 0) is 19.1 Å². The predicted octanol–water partition coefficient (Wildman–Crippen LogP) is 2.60. The molecule has 0 radical (unpaired) electrons. The number of nitrogens with zero attached hydrogens (tertiary/aromatic N) is 7. The van der Waals surface area contributed by atoms with Gasteiger partial charge in [-0.1, -0.05) is 6.07 Å². The largest absolute Gasteiger partial charge is 0.418 e. The van der Waals surface area contributed by atoms with Crippen molar-refractivity contribution in [2.75, 3.05) is 32.6 Å². The number of hydrogen-bond donors (Lipinski definition) is 1. The second-order valence-electron chi connectivity index (χ2n) is 7.83. The SMILES string of the molecule is COCCN(C)C(=O)[C@@H](C)Nc1nc2c(C(F)(F)F)cccc2c2nc(-c3cnn(C)c3)nn12. The zero-order valence-corrected chi connectivity index (χ0v) is 19.0. The number of fused-ring (bicyclic) bond motifs is 3. The number of nitrogens with one attached hydrogen (secondary N) is 1. The van der Waals surface area contributed by atoms with E-state index in [-0.39, 0.29) is 34.2 Å². The molecular weight excluding hydrogens is 453 g/mol. The highest BCUT2D eigenvalue weighted by Crippen LogP contribution is 2.36. The molecule has 0 aliphatic heterocycles. The van der Waals surface area contributed by atoms with E-state index in [1.165, 1.54) is 28.7 Å². The van der Waals surface area contributed by atoms with Crippen molar-refractivity contribution in [2.24, 2.45) is 7.05 Å². The molecule has 0 unspecified atom stereocenters. The van der Waals surface area contributed by atoms with Gasteiger partial charge in [-0.15, -0.1) is 5.10 Å². The van der Waals surface area contributed by atoms with Gasteiger partial charge in [-0.25, -0.2) is 9.97 Å². The van der Waals surface area contributed by atoms with E-state index in [0.29, 0.717) is 18.7 Å². The summed E-state index contributed by atoms with van der Waals surface area (Å²) < 4.78 is 49.1. The highest BCUT2D eigenvalue weighted by Gasteiger charge is 2.34. The molecule has 0 saturated carbocycles. The highest BCUT2D eigenvalue weighted by atomic mass is 19.4. The first kappa shape index (κ1) is 23.4. The van der Waals surface area contributed by atoms with E-state index in [9.17, 15) is 18.0 Å². The molecule has 180 valence electrons. The Balaban J connectivity index is 1.86. The van der Waals surface area contributed by atoms with Gasteiger partial charge in [-0.3, -0.25) is 9.48 Å². The third kappa shape index (κ3) is 4.38. The first-order valence-electron chi connectivity index (χ1n) is 10.4. The molecule has 0 aliphatic carbocycles. The topological polar surface area (TPSA) is 102 Å². The summed E-state index contributed by atoms with van der Waals surface area (Å²) in [5.74, 6) is -0.0642. The number of aryl methyl sites for hydroxylation is 1. The van der Waals surface area contributed by atoms with Gasteiger partial charge in [0.1, 0.15) is 6.04 Å². The van der Waals surface area contributed by atoms with Crippen LogP contribution in [0.3, 0.4) is 0 Å². The van der Waals surface area contributed by atoms with E-state index in [4.69, 9.17) is 4.74 Å². The van der Waals surface area contributed by atoms with Crippen LogP contribution in [0.2, 0.25) is 0 Å².